The maximum atomic E-state index is 12.1. The van der Waals surface area contributed by atoms with E-state index in [4.69, 9.17) is 5.73 Å². The van der Waals surface area contributed by atoms with Gasteiger partial charge in [0.05, 0.1) is 0 Å². The number of nitrogen functional groups attached to an aromatic ring is 1. The van der Waals surface area contributed by atoms with Gasteiger partial charge < -0.3 is 16.4 Å². The summed E-state index contributed by atoms with van der Waals surface area (Å²) >= 11 is 1.35. The second kappa shape index (κ2) is 5.00. The molecule has 1 amide bonds. The minimum atomic E-state index is -0.0907. The highest BCUT2D eigenvalue weighted by molar-refractivity contribution is 7.18. The Morgan fingerprint density at radius 2 is 2.21 bits per heavy atom. The summed E-state index contributed by atoms with van der Waals surface area (Å²) in [4.78, 5) is 16.9. The lowest BCUT2D eigenvalue weighted by atomic mass is 10.1. The topological polar surface area (TPSA) is 80.0 Å². The Morgan fingerprint density at radius 3 is 2.84 bits per heavy atom. The number of amides is 1. The van der Waals surface area contributed by atoms with Gasteiger partial charge in [-0.3, -0.25) is 4.79 Å². The first kappa shape index (κ1) is 12.7. The van der Waals surface area contributed by atoms with E-state index in [1.807, 2.05) is 0 Å². The van der Waals surface area contributed by atoms with E-state index in [0.29, 0.717) is 16.7 Å². The molecule has 2 aliphatic carbocycles. The van der Waals surface area contributed by atoms with Crippen LogP contribution in [0.1, 0.15) is 48.7 Å². The highest BCUT2D eigenvalue weighted by atomic mass is 32.1. The SMILES string of the molecule is CC(CC1CC1)NC(=O)c1sc(NC2CC2)nc1N. The number of hydrogen-bond acceptors (Lipinski definition) is 5. The number of nitrogens with two attached hydrogens (primary N) is 1. The van der Waals surface area contributed by atoms with Crippen molar-refractivity contribution < 1.29 is 4.79 Å². The van der Waals surface area contributed by atoms with Gasteiger partial charge in [-0.1, -0.05) is 24.2 Å². The molecule has 1 atom stereocenters. The third kappa shape index (κ3) is 3.37. The monoisotopic (exact) mass is 280 g/mol. The minimum absolute atomic E-state index is 0.0907. The zero-order valence-corrected chi connectivity index (χ0v) is 11.9. The third-order valence-electron chi connectivity index (χ3n) is 3.53. The molecule has 2 aliphatic rings. The molecule has 1 heterocycles. The second-order valence-corrected chi connectivity index (χ2v) is 6.70. The molecule has 0 bridgehead atoms. The van der Waals surface area contributed by atoms with Crippen molar-refractivity contribution in [3.05, 3.63) is 4.88 Å². The van der Waals surface area contributed by atoms with Crippen molar-refractivity contribution in [1.29, 1.82) is 0 Å². The number of carbonyl (C=O) groups is 1. The first-order valence-corrected chi connectivity index (χ1v) is 7.77. The highest BCUT2D eigenvalue weighted by Gasteiger charge is 2.26. The lowest BCUT2D eigenvalue weighted by Gasteiger charge is -2.12. The molecule has 3 rings (SSSR count). The van der Waals surface area contributed by atoms with Crippen LogP contribution in [0.25, 0.3) is 0 Å². The standard InChI is InChI=1S/C13H20N4OS/c1-7(6-8-2-3-8)15-12(18)10-11(14)17-13(19-10)16-9-4-5-9/h7-9H,2-6,14H2,1H3,(H,15,18)(H,16,17). The first-order chi connectivity index (χ1) is 9.11. The van der Waals surface area contributed by atoms with E-state index in [1.165, 1.54) is 37.0 Å². The molecular formula is C13H20N4OS. The van der Waals surface area contributed by atoms with Crippen molar-refractivity contribution in [2.75, 3.05) is 11.1 Å². The Bertz CT molecular complexity index is 479. The molecule has 19 heavy (non-hydrogen) atoms. The molecule has 0 aromatic carbocycles. The normalized spacial score (nSPS) is 20.1. The van der Waals surface area contributed by atoms with Crippen LogP contribution in [0.5, 0.6) is 0 Å². The highest BCUT2D eigenvalue weighted by Crippen LogP contribution is 2.34. The summed E-state index contributed by atoms with van der Waals surface area (Å²) in [6.45, 7) is 2.05. The van der Waals surface area contributed by atoms with Gasteiger partial charge in [0, 0.05) is 12.1 Å². The van der Waals surface area contributed by atoms with Crippen LogP contribution in [0.2, 0.25) is 0 Å². The van der Waals surface area contributed by atoms with E-state index in [1.54, 1.807) is 0 Å². The van der Waals surface area contributed by atoms with Crippen LogP contribution in [0.15, 0.2) is 0 Å². The van der Waals surface area contributed by atoms with Gasteiger partial charge in [-0.2, -0.15) is 0 Å². The molecule has 0 aliphatic heterocycles. The summed E-state index contributed by atoms with van der Waals surface area (Å²) in [6.07, 6.45) is 6.03. The van der Waals surface area contributed by atoms with Crippen molar-refractivity contribution in [2.24, 2.45) is 5.92 Å². The zero-order chi connectivity index (χ0) is 13.4. The van der Waals surface area contributed by atoms with E-state index in [-0.39, 0.29) is 11.9 Å². The van der Waals surface area contributed by atoms with Crippen molar-refractivity contribution in [1.82, 2.24) is 10.3 Å². The third-order valence-corrected chi connectivity index (χ3v) is 4.53. The average Bonchev–Trinajstić information content (AvgIpc) is 3.22. The number of anilines is 2. The van der Waals surface area contributed by atoms with Gasteiger partial charge in [0.25, 0.3) is 5.91 Å². The number of rotatable bonds is 6. The Morgan fingerprint density at radius 1 is 1.47 bits per heavy atom. The smallest absolute Gasteiger partial charge is 0.265 e. The van der Waals surface area contributed by atoms with Crippen LogP contribution in [-0.4, -0.2) is 23.0 Å². The number of nitrogens with one attached hydrogen (secondary N) is 2. The van der Waals surface area contributed by atoms with Crippen LogP contribution in [0.3, 0.4) is 0 Å². The van der Waals surface area contributed by atoms with Crippen LogP contribution < -0.4 is 16.4 Å². The molecule has 2 saturated carbocycles. The average molecular weight is 280 g/mol. The van der Waals surface area contributed by atoms with Gasteiger partial charge in [0.15, 0.2) is 5.13 Å². The lowest BCUT2D eigenvalue weighted by molar-refractivity contribution is 0.0942. The van der Waals surface area contributed by atoms with Crippen molar-refractivity contribution in [3.63, 3.8) is 0 Å². The Kier molecular flexibility index (Phi) is 3.35. The first-order valence-electron chi connectivity index (χ1n) is 6.95. The minimum Gasteiger partial charge on any atom is -0.382 e. The lowest BCUT2D eigenvalue weighted by Crippen LogP contribution is -2.32. The molecule has 4 N–H and O–H groups in total. The summed E-state index contributed by atoms with van der Waals surface area (Å²) in [7, 11) is 0. The summed E-state index contributed by atoms with van der Waals surface area (Å²) in [5, 5.41) is 7.05. The molecule has 0 spiro atoms. The second-order valence-electron chi connectivity index (χ2n) is 5.71. The molecular weight excluding hydrogens is 260 g/mol. The van der Waals surface area contributed by atoms with Gasteiger partial charge in [0.2, 0.25) is 0 Å². The van der Waals surface area contributed by atoms with E-state index < -0.39 is 0 Å². The molecule has 1 unspecified atom stereocenters. The van der Waals surface area contributed by atoms with E-state index in [2.05, 4.69) is 22.5 Å². The molecule has 1 aromatic rings. The van der Waals surface area contributed by atoms with Gasteiger partial charge in [0.1, 0.15) is 10.7 Å². The summed E-state index contributed by atoms with van der Waals surface area (Å²) in [6, 6.07) is 0.733. The van der Waals surface area contributed by atoms with Gasteiger partial charge in [-0.15, -0.1) is 0 Å². The van der Waals surface area contributed by atoms with Gasteiger partial charge >= 0.3 is 0 Å². The van der Waals surface area contributed by atoms with Crippen molar-refractivity contribution in [3.8, 4) is 0 Å². The maximum Gasteiger partial charge on any atom is 0.265 e. The molecule has 104 valence electrons. The quantitative estimate of drug-likeness (QED) is 0.746. The summed E-state index contributed by atoms with van der Waals surface area (Å²) < 4.78 is 0. The van der Waals surface area contributed by atoms with Crippen LogP contribution >= 0.6 is 11.3 Å². The van der Waals surface area contributed by atoms with E-state index in [0.717, 1.165) is 17.5 Å². The molecule has 5 nitrogen and oxygen atoms in total. The van der Waals surface area contributed by atoms with Crippen molar-refractivity contribution in [2.45, 2.75) is 51.1 Å². The van der Waals surface area contributed by atoms with Crippen LogP contribution in [0.4, 0.5) is 10.9 Å². The fraction of sp³-hybridized carbons (Fsp3) is 0.692. The summed E-state index contributed by atoms with van der Waals surface area (Å²) in [5.41, 5.74) is 5.83. The zero-order valence-electron chi connectivity index (χ0n) is 11.1. The summed E-state index contributed by atoms with van der Waals surface area (Å²) in [5.74, 6) is 1.05. The fourth-order valence-corrected chi connectivity index (χ4v) is 3.03. The number of nitrogens with zero attached hydrogens (tertiary/aromatic N) is 1. The number of hydrogen-bond donors (Lipinski definition) is 3. The molecule has 6 heteroatoms. The Balaban J connectivity index is 1.59. The Hall–Kier alpha value is -1.30. The number of thiazole rings is 1. The number of carbonyl (C=O) groups excluding carboxylic acids is 1. The van der Waals surface area contributed by atoms with Gasteiger partial charge in [-0.25, -0.2) is 4.98 Å². The molecule has 0 radical (unpaired) electrons. The van der Waals surface area contributed by atoms with Gasteiger partial charge in [-0.05, 0) is 32.1 Å². The van der Waals surface area contributed by atoms with Crippen molar-refractivity contribution >= 4 is 28.2 Å². The largest absolute Gasteiger partial charge is 0.382 e. The molecule has 2 fully saturated rings. The van der Waals surface area contributed by atoms with Crippen LogP contribution in [-0.2, 0) is 0 Å². The van der Waals surface area contributed by atoms with E-state index >= 15 is 0 Å². The van der Waals surface area contributed by atoms with Crippen LogP contribution in [0, 0.1) is 5.92 Å². The maximum absolute atomic E-state index is 12.1. The van der Waals surface area contributed by atoms with E-state index in [9.17, 15) is 4.79 Å². The fourth-order valence-electron chi connectivity index (χ4n) is 2.16. The predicted octanol–water partition coefficient (Wildman–Crippen LogP) is 2.22. The molecule has 0 saturated heterocycles. The molecule has 1 aromatic heterocycles. The predicted molar refractivity (Wildman–Crippen MR) is 77.4 cm³/mol. The Labute approximate surface area is 117 Å². The number of aromatic nitrogens is 1.